The van der Waals surface area contributed by atoms with E-state index in [0.29, 0.717) is 6.01 Å². The Hall–Kier alpha value is -1.42. The van der Waals surface area contributed by atoms with Gasteiger partial charge in [0.25, 0.3) is 0 Å². The molecule has 0 N–H and O–H groups in total. The predicted molar refractivity (Wildman–Crippen MR) is 84.3 cm³/mol. The molecule has 1 heterocycles. The molecule has 3 nitrogen and oxygen atoms in total. The number of nitrogens with zero attached hydrogens (tertiary/aromatic N) is 2. The molecule has 20 heavy (non-hydrogen) atoms. The number of hydrogen-bond donors (Lipinski definition) is 0. The fourth-order valence-corrected chi connectivity index (χ4v) is 2.13. The van der Waals surface area contributed by atoms with Gasteiger partial charge >= 0.3 is 6.01 Å². The lowest BCUT2D eigenvalue weighted by atomic mass is 9.85. The molecular formula is C16H19BrN2O. The summed E-state index contributed by atoms with van der Waals surface area (Å²) in [6.07, 6.45) is 4.37. The minimum Gasteiger partial charge on any atom is -0.424 e. The van der Waals surface area contributed by atoms with Crippen LogP contribution in [0.25, 0.3) is 0 Å². The lowest BCUT2D eigenvalue weighted by Crippen LogP contribution is -2.13. The molecule has 0 amide bonds. The second-order valence-electron chi connectivity index (χ2n) is 5.72. The van der Waals surface area contributed by atoms with Crippen molar-refractivity contribution in [1.29, 1.82) is 0 Å². The molecule has 0 aliphatic carbocycles. The maximum Gasteiger partial charge on any atom is 0.321 e. The van der Waals surface area contributed by atoms with Crippen molar-refractivity contribution in [2.45, 2.75) is 39.5 Å². The number of ether oxygens (including phenoxy) is 1. The monoisotopic (exact) mass is 334 g/mol. The highest BCUT2D eigenvalue weighted by atomic mass is 79.9. The number of rotatable bonds is 3. The predicted octanol–water partition coefficient (Wildman–Crippen LogP) is 4.89. The molecule has 0 unspecified atom stereocenters. The molecule has 0 aliphatic heterocycles. The summed E-state index contributed by atoms with van der Waals surface area (Å²) in [5, 5.41) is 0. The highest BCUT2D eigenvalue weighted by Gasteiger charge is 2.20. The van der Waals surface area contributed by atoms with E-state index in [0.717, 1.165) is 16.6 Å². The molecule has 0 bridgehead atoms. The summed E-state index contributed by atoms with van der Waals surface area (Å²) >= 11 is 3.32. The summed E-state index contributed by atoms with van der Waals surface area (Å²) in [7, 11) is 0. The molecule has 1 aromatic heterocycles. The smallest absolute Gasteiger partial charge is 0.321 e. The van der Waals surface area contributed by atoms with Crippen LogP contribution in [0, 0.1) is 0 Å². The van der Waals surface area contributed by atoms with Crippen LogP contribution in [0.5, 0.6) is 11.8 Å². The Balaban J connectivity index is 2.38. The van der Waals surface area contributed by atoms with Gasteiger partial charge in [-0.3, -0.25) is 0 Å². The molecule has 0 fully saturated rings. The van der Waals surface area contributed by atoms with E-state index < -0.39 is 0 Å². The van der Waals surface area contributed by atoms with E-state index in [9.17, 15) is 0 Å². The van der Waals surface area contributed by atoms with E-state index >= 15 is 0 Å². The fraction of sp³-hybridized carbons (Fsp3) is 0.375. The van der Waals surface area contributed by atoms with E-state index in [1.807, 2.05) is 6.07 Å². The van der Waals surface area contributed by atoms with Crippen molar-refractivity contribution in [3.8, 4) is 11.8 Å². The highest BCUT2D eigenvalue weighted by molar-refractivity contribution is 9.10. The van der Waals surface area contributed by atoms with Crippen LogP contribution in [-0.2, 0) is 11.8 Å². The Bertz CT molecular complexity index is 588. The molecule has 4 heteroatoms. The van der Waals surface area contributed by atoms with Crippen LogP contribution in [0.1, 0.15) is 38.8 Å². The summed E-state index contributed by atoms with van der Waals surface area (Å²) in [6.45, 7) is 8.69. The molecule has 0 radical (unpaired) electrons. The minimum absolute atomic E-state index is 0.00980. The number of hydrogen-bond acceptors (Lipinski definition) is 3. The normalized spacial score (nSPS) is 11.4. The third-order valence-corrected chi connectivity index (χ3v) is 3.47. The molecular weight excluding hydrogens is 316 g/mol. The highest BCUT2D eigenvalue weighted by Crippen LogP contribution is 2.34. The molecule has 2 aromatic rings. The van der Waals surface area contributed by atoms with Crippen LogP contribution in [-0.4, -0.2) is 9.97 Å². The number of halogens is 1. The van der Waals surface area contributed by atoms with Crippen molar-refractivity contribution in [3.05, 3.63) is 46.2 Å². The molecule has 0 atom stereocenters. The largest absolute Gasteiger partial charge is 0.424 e. The van der Waals surface area contributed by atoms with Gasteiger partial charge in [-0.2, -0.15) is 0 Å². The Kier molecular flexibility index (Phi) is 4.43. The van der Waals surface area contributed by atoms with Gasteiger partial charge in [0.2, 0.25) is 0 Å². The van der Waals surface area contributed by atoms with E-state index in [-0.39, 0.29) is 5.41 Å². The zero-order valence-electron chi connectivity index (χ0n) is 12.3. The first kappa shape index (κ1) is 15.0. The van der Waals surface area contributed by atoms with Gasteiger partial charge in [0.15, 0.2) is 0 Å². The van der Waals surface area contributed by atoms with E-state index in [1.165, 1.54) is 11.1 Å². The van der Waals surface area contributed by atoms with E-state index in [4.69, 9.17) is 4.74 Å². The van der Waals surface area contributed by atoms with Gasteiger partial charge < -0.3 is 4.74 Å². The van der Waals surface area contributed by atoms with Gasteiger partial charge in [0.1, 0.15) is 5.75 Å². The Morgan fingerprint density at radius 1 is 1.15 bits per heavy atom. The van der Waals surface area contributed by atoms with Crippen molar-refractivity contribution in [2.75, 3.05) is 0 Å². The van der Waals surface area contributed by atoms with Crippen molar-refractivity contribution in [1.82, 2.24) is 9.97 Å². The number of aromatic nitrogens is 2. The first-order valence-electron chi connectivity index (χ1n) is 6.69. The fourth-order valence-electron chi connectivity index (χ4n) is 1.92. The van der Waals surface area contributed by atoms with Crippen molar-refractivity contribution < 1.29 is 4.74 Å². The average molecular weight is 335 g/mol. The lowest BCUT2D eigenvalue weighted by Gasteiger charge is -2.23. The van der Waals surface area contributed by atoms with Crippen molar-refractivity contribution >= 4 is 15.9 Å². The van der Waals surface area contributed by atoms with Crippen LogP contribution < -0.4 is 4.74 Å². The van der Waals surface area contributed by atoms with Gasteiger partial charge in [0.05, 0.1) is 4.47 Å². The molecule has 0 saturated carbocycles. The standard InChI is InChI=1S/C16H19BrN2O/c1-5-11-6-7-14(13(8-11)16(2,3)4)20-15-18-9-12(17)10-19-15/h6-10H,5H2,1-4H3. The zero-order valence-corrected chi connectivity index (χ0v) is 13.9. The minimum atomic E-state index is 0.00980. The third kappa shape index (κ3) is 3.57. The third-order valence-electron chi connectivity index (χ3n) is 3.06. The topological polar surface area (TPSA) is 35.0 Å². The summed E-state index contributed by atoms with van der Waals surface area (Å²) < 4.78 is 6.68. The Morgan fingerprint density at radius 3 is 2.35 bits per heavy atom. The van der Waals surface area contributed by atoms with Crippen LogP contribution in [0.2, 0.25) is 0 Å². The van der Waals surface area contributed by atoms with Gasteiger partial charge in [-0.05, 0) is 39.4 Å². The Morgan fingerprint density at radius 2 is 1.80 bits per heavy atom. The first-order valence-corrected chi connectivity index (χ1v) is 7.48. The van der Waals surface area contributed by atoms with E-state index in [1.54, 1.807) is 12.4 Å². The summed E-state index contributed by atoms with van der Waals surface area (Å²) in [4.78, 5) is 8.32. The molecule has 1 aromatic carbocycles. The molecule has 0 aliphatic rings. The maximum atomic E-state index is 5.85. The molecule has 0 spiro atoms. The quantitative estimate of drug-likeness (QED) is 0.801. The SMILES string of the molecule is CCc1ccc(Oc2ncc(Br)cn2)c(C(C)(C)C)c1. The molecule has 106 valence electrons. The number of aryl methyl sites for hydroxylation is 1. The van der Waals surface area contributed by atoms with Crippen molar-refractivity contribution in [3.63, 3.8) is 0 Å². The van der Waals surface area contributed by atoms with Crippen molar-refractivity contribution in [2.24, 2.45) is 0 Å². The maximum absolute atomic E-state index is 5.85. The second-order valence-corrected chi connectivity index (χ2v) is 6.64. The zero-order chi connectivity index (χ0) is 14.8. The number of benzene rings is 1. The average Bonchev–Trinajstić information content (AvgIpc) is 2.40. The second kappa shape index (κ2) is 5.92. The van der Waals surface area contributed by atoms with Crippen LogP contribution >= 0.6 is 15.9 Å². The van der Waals surface area contributed by atoms with Gasteiger partial charge in [0, 0.05) is 18.0 Å². The summed E-state index contributed by atoms with van der Waals surface area (Å²) in [5.41, 5.74) is 2.48. The lowest BCUT2D eigenvalue weighted by molar-refractivity contribution is 0.422. The van der Waals surface area contributed by atoms with Crippen LogP contribution in [0.4, 0.5) is 0 Å². The summed E-state index contributed by atoms with van der Waals surface area (Å²) in [5.74, 6) is 0.817. The van der Waals surface area contributed by atoms with Gasteiger partial charge in [-0.25, -0.2) is 9.97 Å². The van der Waals surface area contributed by atoms with Gasteiger partial charge in [-0.1, -0.05) is 39.8 Å². The summed E-state index contributed by atoms with van der Waals surface area (Å²) in [6, 6.07) is 6.66. The molecule has 0 saturated heterocycles. The van der Waals surface area contributed by atoms with E-state index in [2.05, 4.69) is 65.7 Å². The Labute approximate surface area is 128 Å². The van der Waals surface area contributed by atoms with Gasteiger partial charge in [-0.15, -0.1) is 0 Å². The van der Waals surface area contributed by atoms with Crippen LogP contribution in [0.3, 0.4) is 0 Å². The van der Waals surface area contributed by atoms with Crippen LogP contribution in [0.15, 0.2) is 35.1 Å². The first-order chi connectivity index (χ1) is 9.40. The molecule has 2 rings (SSSR count).